The Balaban J connectivity index is 1.20. The molecule has 1 atom stereocenters. The molecule has 2 N–H and O–H groups in total. The Labute approximate surface area is 229 Å². The highest BCUT2D eigenvalue weighted by atomic mass is 28.4. The first kappa shape index (κ1) is 26.1. The Morgan fingerprint density at radius 1 is 1.05 bits per heavy atom. The van der Waals surface area contributed by atoms with E-state index in [9.17, 15) is 9.19 Å². The summed E-state index contributed by atoms with van der Waals surface area (Å²) >= 11 is 0. The fraction of sp³-hybridized carbons (Fsp3) is 0.517. The van der Waals surface area contributed by atoms with Crippen molar-refractivity contribution in [2.75, 3.05) is 23.3 Å². The molecule has 0 unspecified atom stereocenters. The molecular weight excluding hydrogens is 509 g/mol. The lowest BCUT2D eigenvalue weighted by Gasteiger charge is -2.37. The number of anilines is 3. The average molecular weight is 548 g/mol. The van der Waals surface area contributed by atoms with Crippen molar-refractivity contribution in [1.82, 2.24) is 24.5 Å². The summed E-state index contributed by atoms with van der Waals surface area (Å²) in [6, 6.07) is 6.10. The topological polar surface area (TPSA) is 92.0 Å². The van der Waals surface area contributed by atoms with E-state index in [0.29, 0.717) is 23.2 Å². The summed E-state index contributed by atoms with van der Waals surface area (Å²) in [5.41, 5.74) is 2.35. The van der Waals surface area contributed by atoms with Gasteiger partial charge in [-0.15, -0.1) is 0 Å². The molecule has 0 bridgehead atoms. The maximum atomic E-state index is 14.9. The second kappa shape index (κ2) is 9.82. The minimum Gasteiger partial charge on any atom is -0.432 e. The second-order valence-electron chi connectivity index (χ2n) is 12.5. The summed E-state index contributed by atoms with van der Waals surface area (Å²) < 4.78 is 16.9. The molecule has 1 saturated heterocycles. The number of pyridine rings is 2. The summed E-state index contributed by atoms with van der Waals surface area (Å²) in [5, 5.41) is 4.88. The van der Waals surface area contributed by atoms with Crippen LogP contribution in [0.4, 0.5) is 21.8 Å². The minimum atomic E-state index is -2.21. The molecule has 4 aromatic heterocycles. The molecule has 0 radical (unpaired) electrons. The summed E-state index contributed by atoms with van der Waals surface area (Å²) in [4.78, 5) is 31.0. The Bertz CT molecular complexity index is 1490. The van der Waals surface area contributed by atoms with Crippen LogP contribution in [0.25, 0.3) is 21.9 Å². The minimum absolute atomic E-state index is 0.00738. The third-order valence-corrected chi connectivity index (χ3v) is 12.7. The quantitative estimate of drug-likeness (QED) is 0.200. The molecule has 6 rings (SSSR count). The fourth-order valence-electron chi connectivity index (χ4n) is 6.27. The van der Waals surface area contributed by atoms with Gasteiger partial charge in [0.05, 0.1) is 11.9 Å². The normalized spacial score (nSPS) is 19.0. The van der Waals surface area contributed by atoms with Gasteiger partial charge in [-0.1, -0.05) is 26.7 Å². The van der Waals surface area contributed by atoms with Gasteiger partial charge in [0.1, 0.15) is 17.0 Å². The molecular formula is C29H38FN7OSi. The zero-order valence-electron chi connectivity index (χ0n) is 23.3. The van der Waals surface area contributed by atoms with Gasteiger partial charge in [-0.2, -0.15) is 9.37 Å². The lowest BCUT2D eigenvalue weighted by Crippen LogP contribution is -2.40. The van der Waals surface area contributed by atoms with Crippen LogP contribution in [0.5, 0.6) is 0 Å². The molecule has 10 heteroatoms. The zero-order chi connectivity index (χ0) is 27.4. The number of nitrogens with one attached hydrogen (secondary N) is 1. The zero-order valence-corrected chi connectivity index (χ0v) is 24.3. The maximum Gasteiger partial charge on any atom is 0.237 e. The molecule has 0 spiro atoms. The standard InChI is InChI=1S/C29H38FN7OSi/c1-29(2,39(3,4)38)15-19-12-14-36(18-19)21-9-10-24(32-16-21)34-28-33-17-23-22-11-13-31-26(30)25(22)37(27(23)35-28)20-7-5-6-8-20/h9-11,13,16-17,19-20,38H,5-8,12,14-15,18H2,1-4H3,(H,32,33,34,35)/t19-/m0/s1. The molecule has 2 fully saturated rings. The first-order valence-electron chi connectivity index (χ1n) is 14.1. The van der Waals surface area contributed by atoms with Gasteiger partial charge < -0.3 is 19.6 Å². The molecule has 1 saturated carbocycles. The van der Waals surface area contributed by atoms with Gasteiger partial charge in [0.25, 0.3) is 0 Å². The smallest absolute Gasteiger partial charge is 0.237 e. The lowest BCUT2D eigenvalue weighted by atomic mass is 9.95. The summed E-state index contributed by atoms with van der Waals surface area (Å²) in [6.45, 7) is 10.5. The largest absolute Gasteiger partial charge is 0.432 e. The number of nitrogens with zero attached hydrogens (tertiary/aromatic N) is 6. The van der Waals surface area contributed by atoms with Crippen LogP contribution in [0.3, 0.4) is 0 Å². The Hall–Kier alpha value is -3.11. The summed E-state index contributed by atoms with van der Waals surface area (Å²) in [6.07, 6.45) is 11.6. The van der Waals surface area contributed by atoms with E-state index >= 15 is 0 Å². The van der Waals surface area contributed by atoms with Crippen LogP contribution >= 0.6 is 0 Å². The Morgan fingerprint density at radius 2 is 1.85 bits per heavy atom. The number of halogens is 1. The Morgan fingerprint density at radius 3 is 2.56 bits per heavy atom. The van der Waals surface area contributed by atoms with E-state index in [1.807, 2.05) is 36.0 Å². The SMILES string of the molecule is CC(C)(C[C@@H]1CCN(c2ccc(Nc3ncc4c5ccnc(F)c5n(C5CCCC5)c4n3)nc2)C1)[Si](C)(C)O. The van der Waals surface area contributed by atoms with Crippen LogP contribution in [0, 0.1) is 11.9 Å². The molecule has 0 amide bonds. The number of hydrogen-bond donors (Lipinski definition) is 2. The lowest BCUT2D eigenvalue weighted by molar-refractivity contribution is 0.392. The van der Waals surface area contributed by atoms with Crippen molar-refractivity contribution in [3.63, 3.8) is 0 Å². The monoisotopic (exact) mass is 547 g/mol. The van der Waals surface area contributed by atoms with Crippen molar-refractivity contribution in [2.45, 2.75) is 76.5 Å². The molecule has 2 aliphatic rings. The van der Waals surface area contributed by atoms with Crippen molar-refractivity contribution in [3.05, 3.63) is 42.7 Å². The molecule has 4 aromatic rings. The summed E-state index contributed by atoms with van der Waals surface area (Å²) in [5.74, 6) is 1.22. The third-order valence-electron chi connectivity index (χ3n) is 9.19. The average Bonchev–Trinajstić information content (AvgIpc) is 3.63. The number of rotatable bonds is 7. The molecule has 1 aliphatic carbocycles. The van der Waals surface area contributed by atoms with Gasteiger partial charge >= 0.3 is 0 Å². The van der Waals surface area contributed by atoms with E-state index in [4.69, 9.17) is 4.98 Å². The van der Waals surface area contributed by atoms with Gasteiger partial charge in [-0.05, 0) is 67.9 Å². The number of aromatic nitrogens is 5. The van der Waals surface area contributed by atoms with Crippen molar-refractivity contribution in [2.24, 2.45) is 5.92 Å². The third kappa shape index (κ3) is 4.88. The van der Waals surface area contributed by atoms with Gasteiger partial charge in [-0.25, -0.2) is 15.0 Å². The predicted molar refractivity (Wildman–Crippen MR) is 156 cm³/mol. The van der Waals surface area contributed by atoms with Gasteiger partial charge in [-0.3, -0.25) is 0 Å². The molecule has 8 nitrogen and oxygen atoms in total. The predicted octanol–water partition coefficient (Wildman–Crippen LogP) is 6.57. The maximum absolute atomic E-state index is 14.9. The van der Waals surface area contributed by atoms with Crippen LogP contribution in [0.15, 0.2) is 36.8 Å². The van der Waals surface area contributed by atoms with Crippen LogP contribution in [-0.2, 0) is 0 Å². The van der Waals surface area contributed by atoms with E-state index in [0.717, 1.165) is 73.7 Å². The highest BCUT2D eigenvalue weighted by Crippen LogP contribution is 2.44. The van der Waals surface area contributed by atoms with E-state index in [1.165, 1.54) is 6.20 Å². The number of fused-ring (bicyclic) bond motifs is 3. The fourth-order valence-corrected chi connectivity index (χ4v) is 7.06. The van der Waals surface area contributed by atoms with E-state index in [2.05, 4.69) is 45.1 Å². The highest BCUT2D eigenvalue weighted by Gasteiger charge is 2.41. The van der Waals surface area contributed by atoms with E-state index < -0.39 is 14.3 Å². The van der Waals surface area contributed by atoms with Crippen molar-refractivity contribution < 1.29 is 9.19 Å². The highest BCUT2D eigenvalue weighted by molar-refractivity contribution is 6.72. The van der Waals surface area contributed by atoms with Gasteiger partial charge in [0, 0.05) is 42.3 Å². The molecule has 206 valence electrons. The van der Waals surface area contributed by atoms with Gasteiger partial charge in [0.2, 0.25) is 11.9 Å². The van der Waals surface area contributed by atoms with Crippen LogP contribution < -0.4 is 10.2 Å². The van der Waals surface area contributed by atoms with Crippen LogP contribution in [0.1, 0.15) is 58.4 Å². The van der Waals surface area contributed by atoms with Crippen molar-refractivity contribution in [3.8, 4) is 0 Å². The van der Waals surface area contributed by atoms with Crippen LogP contribution in [0.2, 0.25) is 18.1 Å². The van der Waals surface area contributed by atoms with Crippen LogP contribution in [-0.4, -0.2) is 50.7 Å². The van der Waals surface area contributed by atoms with E-state index in [-0.39, 0.29) is 11.1 Å². The first-order chi connectivity index (χ1) is 18.6. The van der Waals surface area contributed by atoms with Crippen molar-refractivity contribution >= 4 is 47.7 Å². The Kier molecular flexibility index (Phi) is 6.58. The first-order valence-corrected chi connectivity index (χ1v) is 17.1. The van der Waals surface area contributed by atoms with E-state index in [1.54, 1.807) is 6.20 Å². The van der Waals surface area contributed by atoms with Crippen molar-refractivity contribution in [1.29, 1.82) is 0 Å². The number of hydrogen-bond acceptors (Lipinski definition) is 7. The summed E-state index contributed by atoms with van der Waals surface area (Å²) in [7, 11) is -2.21. The molecule has 39 heavy (non-hydrogen) atoms. The molecule has 0 aromatic carbocycles. The van der Waals surface area contributed by atoms with Gasteiger partial charge in [0.15, 0.2) is 8.32 Å². The second-order valence-corrected chi connectivity index (χ2v) is 17.0. The molecule has 1 aliphatic heterocycles. The molecule has 5 heterocycles.